The Morgan fingerprint density at radius 3 is 1.21 bits per heavy atom. The predicted molar refractivity (Wildman–Crippen MR) is 70.8 cm³/mol. The molecule has 111 valence electrons. The van der Waals surface area contributed by atoms with E-state index in [1.165, 1.54) is 10.6 Å². The average molecular weight is 530 g/mol. The maximum Gasteiger partial charge on any atom is 0 e. The third-order valence-electron chi connectivity index (χ3n) is 2.04. The minimum Gasteiger partial charge on any atom is 0 e. The van der Waals surface area contributed by atoms with Crippen LogP contribution in [-0.2, 0) is 65.4 Å². The van der Waals surface area contributed by atoms with Gasteiger partial charge < -0.3 is 0 Å². The summed E-state index contributed by atoms with van der Waals surface area (Å²) in [5, 5.41) is 2.52. The van der Waals surface area contributed by atoms with Crippen LogP contribution in [0.25, 0.3) is 0 Å². The van der Waals surface area contributed by atoms with Crippen molar-refractivity contribution in [1.82, 2.24) is 0 Å². The van der Waals surface area contributed by atoms with Gasteiger partial charge in [0.25, 0.3) is 0 Å². The quantitative estimate of drug-likeness (QED) is 0.417. The van der Waals surface area contributed by atoms with Gasteiger partial charge in [-0.1, -0.05) is 0 Å². The van der Waals surface area contributed by atoms with E-state index in [0.717, 1.165) is 0 Å². The first-order valence-electron chi connectivity index (χ1n) is 4.65. The Kier molecular flexibility index (Phi) is 14.8. The number of rotatable bonds is 3. The zero-order valence-electron chi connectivity index (χ0n) is 9.35. The molecule has 2 aromatic carbocycles. The molecule has 7 heteroatoms. The molecule has 0 atom stereocenters. The summed E-state index contributed by atoms with van der Waals surface area (Å²) in [4.78, 5) is 0. The second kappa shape index (κ2) is 12.2. The fourth-order valence-electron chi connectivity index (χ4n) is 1.37. The van der Waals surface area contributed by atoms with Gasteiger partial charge in [0, 0.05) is 51.2 Å². The largest absolute Gasteiger partial charge is 0 e. The molecule has 0 fully saturated rings. The summed E-state index contributed by atoms with van der Waals surface area (Å²) in [5.41, 5.74) is 0. The van der Waals surface area contributed by atoms with Crippen molar-refractivity contribution < 1.29 is 65.4 Å². The fourth-order valence-corrected chi connectivity index (χ4v) is 10.3. The molecule has 0 N–H and O–H groups in total. The van der Waals surface area contributed by atoms with Crippen LogP contribution >= 0.6 is 25.2 Å². The molecule has 0 aromatic heterocycles. The van der Waals surface area contributed by atoms with Gasteiger partial charge in [-0.25, -0.2) is 0 Å². The topological polar surface area (TPSA) is 0 Å². The van der Waals surface area contributed by atoms with E-state index < -0.39 is 20.3 Å². The molecule has 0 radical (unpaired) electrons. The average Bonchev–Trinajstić information content (AvgIpc) is 2.31. The van der Waals surface area contributed by atoms with Crippen molar-refractivity contribution >= 4 is 35.8 Å². The summed E-state index contributed by atoms with van der Waals surface area (Å²) in [6.45, 7) is 0. The molecule has 0 nitrogen and oxygen atoms in total. The number of hydrogen-bond donors (Lipinski definition) is 0. The summed E-state index contributed by atoms with van der Waals surface area (Å²) in [6.07, 6.45) is -0.562. The normalized spacial score (nSPS) is 9.74. The molecule has 0 saturated heterocycles. The summed E-state index contributed by atoms with van der Waals surface area (Å²) in [6, 6.07) is 20.6. The van der Waals surface area contributed by atoms with Crippen LogP contribution in [0.4, 0.5) is 0 Å². The van der Waals surface area contributed by atoms with Gasteiger partial charge in [-0.15, -0.1) is 0 Å². The Labute approximate surface area is 160 Å². The fraction of sp³-hybridized carbons (Fsp3) is 0. The molecule has 0 saturated carbocycles. The van der Waals surface area contributed by atoms with Crippen LogP contribution in [0.15, 0.2) is 60.7 Å². The van der Waals surface area contributed by atoms with E-state index in [9.17, 15) is 0 Å². The van der Waals surface area contributed by atoms with Crippen LogP contribution < -0.4 is 10.6 Å². The Balaban J connectivity index is 0. The van der Waals surface area contributed by atoms with Gasteiger partial charge in [-0.2, -0.15) is 0 Å². The van der Waals surface area contributed by atoms with E-state index in [1.54, 1.807) is 0 Å². The summed E-state index contributed by atoms with van der Waals surface area (Å²) in [5.74, 6) is 0. The summed E-state index contributed by atoms with van der Waals surface area (Å²) in [7, 11) is 12.4. The molecule has 0 aliphatic heterocycles. The number of halogens is 2. The van der Waals surface area contributed by atoms with Crippen LogP contribution in [0, 0.1) is 0 Å². The van der Waals surface area contributed by atoms with Crippen molar-refractivity contribution in [3.8, 4) is 0 Å². The predicted octanol–water partition coefficient (Wildman–Crippen LogP) is 3.95. The van der Waals surface area contributed by atoms with Crippen LogP contribution in [-0.4, -0.2) is 0 Å². The van der Waals surface area contributed by atoms with E-state index in [0.29, 0.717) is 0 Å². The van der Waals surface area contributed by atoms with Gasteiger partial charge in [0.1, 0.15) is 0 Å². The second-order valence-electron chi connectivity index (χ2n) is 3.08. The molecule has 0 aliphatic rings. The molecule has 0 unspecified atom stereocenters. The van der Waals surface area contributed by atoms with Crippen molar-refractivity contribution in [3.05, 3.63) is 60.7 Å². The molecular formula is C12H10Cl2Fe3PPd. The van der Waals surface area contributed by atoms with Gasteiger partial charge in [-0.05, 0) is 0 Å². The Morgan fingerprint density at radius 2 is 0.947 bits per heavy atom. The third kappa shape index (κ3) is 6.98. The van der Waals surface area contributed by atoms with Crippen molar-refractivity contribution in [2.24, 2.45) is 0 Å². The molecule has 0 heterocycles. The van der Waals surface area contributed by atoms with E-state index in [-0.39, 0.29) is 51.2 Å². The zero-order chi connectivity index (χ0) is 11.4. The number of benzene rings is 2. The van der Waals surface area contributed by atoms with Crippen molar-refractivity contribution in [3.63, 3.8) is 0 Å². The maximum absolute atomic E-state index is 6.22. The van der Waals surface area contributed by atoms with Gasteiger partial charge in [0.05, 0.1) is 0 Å². The third-order valence-corrected chi connectivity index (χ3v) is 11.5. The van der Waals surface area contributed by atoms with Crippen LogP contribution in [0.1, 0.15) is 0 Å². The smallest absolute Gasteiger partial charge is 0 e. The maximum atomic E-state index is 6.22. The molecule has 2 aromatic rings. The molecule has 19 heavy (non-hydrogen) atoms. The van der Waals surface area contributed by atoms with Crippen molar-refractivity contribution in [2.45, 2.75) is 0 Å². The van der Waals surface area contributed by atoms with Gasteiger partial charge in [0.15, 0.2) is 0 Å². The Bertz CT molecular complexity index is 406. The van der Waals surface area contributed by atoms with E-state index in [4.69, 9.17) is 19.1 Å². The molecule has 0 bridgehead atoms. The second-order valence-corrected chi connectivity index (χ2v) is 14.6. The summed E-state index contributed by atoms with van der Waals surface area (Å²) >= 11 is -1.51. The monoisotopic (exact) mass is 529 g/mol. The van der Waals surface area contributed by atoms with E-state index in [2.05, 4.69) is 24.3 Å². The van der Waals surface area contributed by atoms with Crippen LogP contribution in [0.5, 0.6) is 0 Å². The summed E-state index contributed by atoms with van der Waals surface area (Å²) < 4.78 is 0. The molecule has 0 aliphatic carbocycles. The molecular weight excluding hydrogens is 520 g/mol. The van der Waals surface area contributed by atoms with E-state index in [1.807, 2.05) is 36.4 Å². The molecule has 0 amide bonds. The molecule has 2 rings (SSSR count). The Morgan fingerprint density at radius 1 is 0.632 bits per heavy atom. The molecule has 0 spiro atoms. The SMILES string of the molecule is [Cl][Pd]([Cl])[P](c1ccccc1)c1ccccc1.[Fe].[Fe].[Fe]. The Hall–Kier alpha value is 1.67. The van der Waals surface area contributed by atoms with Crippen molar-refractivity contribution in [2.75, 3.05) is 0 Å². The first kappa shape index (κ1) is 22.9. The standard InChI is InChI=1S/C12H10P.2ClH.3Fe.Pd/c1-3-7-11(8-4-1)13-12-9-5-2-6-10-12;;;;;;/h1-10H;2*1H;;;;/q-1;;;;;;+3/p-2. The van der Waals surface area contributed by atoms with Gasteiger partial charge >= 0.3 is 111 Å². The van der Waals surface area contributed by atoms with Crippen LogP contribution in [0.3, 0.4) is 0 Å². The van der Waals surface area contributed by atoms with E-state index >= 15 is 0 Å². The van der Waals surface area contributed by atoms with Crippen LogP contribution in [0.2, 0.25) is 0 Å². The minimum absolute atomic E-state index is 0. The minimum atomic E-state index is -1.51. The first-order chi connectivity index (χ1) is 7.79. The van der Waals surface area contributed by atoms with Crippen molar-refractivity contribution in [1.29, 1.82) is 0 Å². The zero-order valence-corrected chi connectivity index (χ0v) is 16.6. The first-order valence-corrected chi connectivity index (χ1v) is 11.9. The van der Waals surface area contributed by atoms with Gasteiger partial charge in [-0.3, -0.25) is 0 Å². The number of hydrogen-bond acceptors (Lipinski definition) is 0. The van der Waals surface area contributed by atoms with Gasteiger partial charge in [0.2, 0.25) is 0 Å².